The van der Waals surface area contributed by atoms with Crippen LogP contribution in [0.5, 0.6) is 5.75 Å². The third-order valence-electron chi connectivity index (χ3n) is 3.36. The van der Waals surface area contributed by atoms with Gasteiger partial charge in [-0.25, -0.2) is 4.98 Å². The first kappa shape index (κ1) is 17.2. The van der Waals surface area contributed by atoms with E-state index in [2.05, 4.69) is 10.3 Å². The molecule has 0 atom stereocenters. The normalized spacial score (nSPS) is 11.5. The Labute approximate surface area is 145 Å². The van der Waals surface area contributed by atoms with Crippen molar-refractivity contribution in [1.29, 1.82) is 0 Å². The van der Waals surface area contributed by atoms with Gasteiger partial charge in [-0.1, -0.05) is 35.1 Å². The molecule has 3 rings (SSSR count). The molecule has 4 nitrogen and oxygen atoms in total. The van der Waals surface area contributed by atoms with E-state index in [4.69, 9.17) is 4.74 Å². The predicted octanol–water partition coefficient (Wildman–Crippen LogP) is 4.64. The maximum absolute atomic E-state index is 13.0. The lowest BCUT2D eigenvalue weighted by molar-refractivity contribution is -0.136. The molecule has 0 saturated heterocycles. The summed E-state index contributed by atoms with van der Waals surface area (Å²) in [5.74, 6) is 0.0394. The highest BCUT2D eigenvalue weighted by Gasteiger charge is 2.33. The summed E-state index contributed by atoms with van der Waals surface area (Å²) in [5.41, 5.74) is 0.0687. The number of alkyl halides is 3. The molecule has 1 heterocycles. The van der Waals surface area contributed by atoms with Crippen LogP contribution >= 0.6 is 11.3 Å². The third-order valence-corrected chi connectivity index (χ3v) is 4.30. The van der Waals surface area contributed by atoms with E-state index in [1.165, 1.54) is 12.1 Å². The molecular formula is C17H13F3N2O2S. The molecule has 3 aromatic rings. The van der Waals surface area contributed by atoms with Crippen LogP contribution in [0.4, 0.5) is 18.3 Å². The molecule has 130 valence electrons. The zero-order valence-electron chi connectivity index (χ0n) is 13.1. The fourth-order valence-electron chi connectivity index (χ4n) is 2.17. The lowest BCUT2D eigenvalue weighted by Gasteiger charge is -2.06. The number of hydrogen-bond acceptors (Lipinski definition) is 4. The fourth-order valence-corrected chi connectivity index (χ4v) is 3.08. The number of nitrogens with one attached hydrogen (secondary N) is 1. The van der Waals surface area contributed by atoms with Crippen molar-refractivity contribution in [1.82, 2.24) is 4.98 Å². The predicted molar refractivity (Wildman–Crippen MR) is 89.9 cm³/mol. The molecule has 8 heteroatoms. The number of carbonyl (C=O) groups is 1. The first-order valence-electron chi connectivity index (χ1n) is 7.29. The number of thiazole rings is 1. The number of aryl methyl sites for hydroxylation is 1. The lowest BCUT2D eigenvalue weighted by Crippen LogP contribution is -2.20. The van der Waals surface area contributed by atoms with Crippen LogP contribution in [0, 0.1) is 6.92 Å². The first-order valence-corrected chi connectivity index (χ1v) is 8.10. The van der Waals surface area contributed by atoms with Crippen molar-refractivity contribution in [2.75, 3.05) is 11.9 Å². The van der Waals surface area contributed by atoms with Gasteiger partial charge in [-0.15, -0.1) is 0 Å². The highest BCUT2D eigenvalue weighted by Crippen LogP contribution is 2.37. The Morgan fingerprint density at radius 2 is 1.92 bits per heavy atom. The number of para-hydroxylation sites is 1. The largest absolute Gasteiger partial charge is 0.484 e. The maximum Gasteiger partial charge on any atom is 0.418 e. The third kappa shape index (κ3) is 4.08. The van der Waals surface area contributed by atoms with Gasteiger partial charge in [0.2, 0.25) is 0 Å². The summed E-state index contributed by atoms with van der Waals surface area (Å²) < 4.78 is 44.6. The Morgan fingerprint density at radius 1 is 1.20 bits per heavy atom. The molecule has 0 aliphatic rings. The minimum absolute atomic E-state index is 0.101. The highest BCUT2D eigenvalue weighted by atomic mass is 32.1. The standard InChI is InChI=1S/C17H13F3N2O2S/c1-10-5-7-11(8-6-10)24-9-14(23)21-16-22-15-12(17(18,19)20)3-2-4-13(15)25-16/h2-8H,9H2,1H3,(H,21,22,23). The monoisotopic (exact) mass is 366 g/mol. The van der Waals surface area contributed by atoms with Gasteiger partial charge in [0.1, 0.15) is 5.75 Å². The summed E-state index contributed by atoms with van der Waals surface area (Å²) in [5, 5.41) is 2.57. The van der Waals surface area contributed by atoms with Gasteiger partial charge < -0.3 is 4.74 Å². The first-order chi connectivity index (χ1) is 11.8. The molecule has 0 saturated carbocycles. The molecule has 0 fully saturated rings. The van der Waals surface area contributed by atoms with Crippen molar-refractivity contribution in [2.45, 2.75) is 13.1 Å². The van der Waals surface area contributed by atoms with Gasteiger partial charge in [-0.2, -0.15) is 13.2 Å². The highest BCUT2D eigenvalue weighted by molar-refractivity contribution is 7.22. The molecule has 0 aliphatic carbocycles. The summed E-state index contributed by atoms with van der Waals surface area (Å²) in [6.45, 7) is 1.67. The van der Waals surface area contributed by atoms with Crippen molar-refractivity contribution in [3.05, 3.63) is 53.6 Å². The van der Waals surface area contributed by atoms with Crippen molar-refractivity contribution in [2.24, 2.45) is 0 Å². The number of aromatic nitrogens is 1. The zero-order valence-corrected chi connectivity index (χ0v) is 13.9. The number of halogens is 3. The number of benzene rings is 2. The van der Waals surface area contributed by atoms with E-state index in [1.54, 1.807) is 12.1 Å². The quantitative estimate of drug-likeness (QED) is 0.732. The van der Waals surface area contributed by atoms with E-state index in [0.29, 0.717) is 10.4 Å². The Morgan fingerprint density at radius 3 is 2.60 bits per heavy atom. The number of rotatable bonds is 4. The van der Waals surface area contributed by atoms with Crippen LogP contribution in [0.15, 0.2) is 42.5 Å². The second kappa shape index (κ2) is 6.72. The molecule has 25 heavy (non-hydrogen) atoms. The Hall–Kier alpha value is -2.61. The van der Waals surface area contributed by atoms with E-state index in [9.17, 15) is 18.0 Å². The molecule has 0 radical (unpaired) electrons. The van der Waals surface area contributed by atoms with Crippen molar-refractivity contribution >= 4 is 32.6 Å². The van der Waals surface area contributed by atoms with Crippen molar-refractivity contribution in [3.63, 3.8) is 0 Å². The minimum atomic E-state index is -4.50. The summed E-state index contributed by atoms with van der Waals surface area (Å²) >= 11 is 0.981. The van der Waals surface area contributed by atoms with Gasteiger partial charge in [-0.05, 0) is 31.2 Å². The van der Waals surface area contributed by atoms with Gasteiger partial charge in [0.05, 0.1) is 15.8 Å². The van der Waals surface area contributed by atoms with Crippen LogP contribution in [0.1, 0.15) is 11.1 Å². The topological polar surface area (TPSA) is 51.2 Å². The fraction of sp³-hybridized carbons (Fsp3) is 0.176. The number of anilines is 1. The zero-order chi connectivity index (χ0) is 18.0. The van der Waals surface area contributed by atoms with Crippen LogP contribution in [-0.2, 0) is 11.0 Å². The molecule has 0 bridgehead atoms. The molecule has 0 spiro atoms. The van der Waals surface area contributed by atoms with E-state index < -0.39 is 17.6 Å². The van der Waals surface area contributed by atoms with Crippen LogP contribution in [0.3, 0.4) is 0 Å². The average Bonchev–Trinajstić information content (AvgIpc) is 2.95. The summed E-state index contributed by atoms with van der Waals surface area (Å²) in [6.07, 6.45) is -4.50. The molecule has 1 amide bonds. The van der Waals surface area contributed by atoms with E-state index in [0.717, 1.165) is 23.0 Å². The number of fused-ring (bicyclic) bond motifs is 1. The number of nitrogens with zero attached hydrogens (tertiary/aromatic N) is 1. The Balaban J connectivity index is 1.70. The van der Waals surface area contributed by atoms with Crippen LogP contribution < -0.4 is 10.1 Å². The summed E-state index contributed by atoms with van der Waals surface area (Å²) in [7, 11) is 0. The Kier molecular flexibility index (Phi) is 4.63. The number of hydrogen-bond donors (Lipinski definition) is 1. The second-order valence-electron chi connectivity index (χ2n) is 5.32. The van der Waals surface area contributed by atoms with Crippen LogP contribution in [0.25, 0.3) is 10.2 Å². The molecule has 1 N–H and O–H groups in total. The van der Waals surface area contributed by atoms with Crippen molar-refractivity contribution in [3.8, 4) is 5.75 Å². The second-order valence-corrected chi connectivity index (χ2v) is 6.35. The van der Waals surface area contributed by atoms with E-state index >= 15 is 0 Å². The van der Waals surface area contributed by atoms with Gasteiger partial charge in [0.25, 0.3) is 5.91 Å². The molecule has 1 aromatic heterocycles. The van der Waals surface area contributed by atoms with Crippen LogP contribution in [-0.4, -0.2) is 17.5 Å². The van der Waals surface area contributed by atoms with Gasteiger partial charge in [-0.3, -0.25) is 10.1 Å². The van der Waals surface area contributed by atoms with Crippen molar-refractivity contribution < 1.29 is 22.7 Å². The van der Waals surface area contributed by atoms with Gasteiger partial charge in [0, 0.05) is 0 Å². The smallest absolute Gasteiger partial charge is 0.418 e. The number of amides is 1. The maximum atomic E-state index is 13.0. The molecule has 0 unspecified atom stereocenters. The molecule has 0 aliphatic heterocycles. The van der Waals surface area contributed by atoms with E-state index in [-0.39, 0.29) is 17.3 Å². The number of carbonyl (C=O) groups excluding carboxylic acids is 1. The SMILES string of the molecule is Cc1ccc(OCC(=O)Nc2nc3c(C(F)(F)F)cccc3s2)cc1. The van der Waals surface area contributed by atoms with Gasteiger partial charge >= 0.3 is 6.18 Å². The van der Waals surface area contributed by atoms with E-state index in [1.807, 2.05) is 19.1 Å². The lowest BCUT2D eigenvalue weighted by atomic mass is 10.2. The minimum Gasteiger partial charge on any atom is -0.484 e. The number of ether oxygens (including phenoxy) is 1. The molecular weight excluding hydrogens is 353 g/mol. The summed E-state index contributed by atoms with van der Waals surface area (Å²) in [4.78, 5) is 15.8. The van der Waals surface area contributed by atoms with Gasteiger partial charge in [0.15, 0.2) is 11.7 Å². The average molecular weight is 366 g/mol. The molecule has 2 aromatic carbocycles. The summed E-state index contributed by atoms with van der Waals surface area (Å²) in [6, 6.07) is 11.0. The Bertz CT molecular complexity index is 904. The van der Waals surface area contributed by atoms with Crippen LogP contribution in [0.2, 0.25) is 0 Å².